The molecule has 0 unspecified atom stereocenters. The van der Waals surface area contributed by atoms with Crippen LogP contribution in [0.1, 0.15) is 5.56 Å². The molecule has 24 heavy (non-hydrogen) atoms. The van der Waals surface area contributed by atoms with Gasteiger partial charge in [0.15, 0.2) is 0 Å². The van der Waals surface area contributed by atoms with Crippen LogP contribution in [0.25, 0.3) is 0 Å². The van der Waals surface area contributed by atoms with E-state index in [1.165, 1.54) is 17.4 Å². The number of rotatable bonds is 7. The van der Waals surface area contributed by atoms with Crippen molar-refractivity contribution in [3.8, 4) is 0 Å². The van der Waals surface area contributed by atoms with Gasteiger partial charge < -0.3 is 5.32 Å². The Balaban J connectivity index is 2.02. The SMILES string of the molecule is Cc1cc(NCCN(C)S(=O)(=O)c2cccs2)c(Cl)cc1[N+](=O)[O-]. The number of nitrogens with zero attached hydrogens (tertiary/aromatic N) is 2. The molecule has 0 radical (unpaired) electrons. The van der Waals surface area contributed by atoms with Crippen LogP contribution in [0, 0.1) is 17.0 Å². The fraction of sp³-hybridized carbons (Fsp3) is 0.286. The van der Waals surface area contributed by atoms with Crippen LogP contribution in [0.2, 0.25) is 5.02 Å². The zero-order chi connectivity index (χ0) is 17.9. The number of benzene rings is 1. The van der Waals surface area contributed by atoms with Crippen molar-refractivity contribution >= 4 is 44.3 Å². The monoisotopic (exact) mass is 389 g/mol. The van der Waals surface area contributed by atoms with Gasteiger partial charge in [-0.15, -0.1) is 11.3 Å². The van der Waals surface area contributed by atoms with Gasteiger partial charge in [-0.3, -0.25) is 10.1 Å². The van der Waals surface area contributed by atoms with E-state index < -0.39 is 14.9 Å². The van der Waals surface area contributed by atoms with Crippen LogP contribution >= 0.6 is 22.9 Å². The molecule has 1 heterocycles. The standard InChI is InChI=1S/C14H16ClN3O4S2/c1-10-8-12(11(15)9-13(10)18(19)20)16-5-6-17(2)24(21,22)14-4-3-7-23-14/h3-4,7-9,16H,5-6H2,1-2H3. The first-order valence-corrected chi connectivity index (χ1v) is 9.61. The molecule has 0 amide bonds. The van der Waals surface area contributed by atoms with Gasteiger partial charge in [0.1, 0.15) is 4.21 Å². The molecule has 1 N–H and O–H groups in total. The second-order valence-corrected chi connectivity index (χ2v) is 8.69. The molecule has 0 aliphatic rings. The average molecular weight is 390 g/mol. The van der Waals surface area contributed by atoms with Crippen LogP contribution in [0.4, 0.5) is 11.4 Å². The van der Waals surface area contributed by atoms with E-state index in [0.717, 1.165) is 11.3 Å². The van der Waals surface area contributed by atoms with Crippen LogP contribution in [-0.4, -0.2) is 37.8 Å². The number of anilines is 1. The summed E-state index contributed by atoms with van der Waals surface area (Å²) in [4.78, 5) is 10.4. The second-order valence-electron chi connectivity index (χ2n) is 5.06. The zero-order valence-corrected chi connectivity index (χ0v) is 15.4. The topological polar surface area (TPSA) is 92.6 Å². The predicted molar refractivity (Wildman–Crippen MR) is 95.5 cm³/mol. The summed E-state index contributed by atoms with van der Waals surface area (Å²) in [5.74, 6) is 0. The molecule has 1 aromatic heterocycles. The van der Waals surface area contributed by atoms with Crippen LogP contribution < -0.4 is 5.32 Å². The molecule has 0 bridgehead atoms. The fourth-order valence-electron chi connectivity index (χ4n) is 2.04. The predicted octanol–water partition coefficient (Wildman–Crippen LogP) is 3.35. The van der Waals surface area contributed by atoms with Crippen molar-refractivity contribution in [2.24, 2.45) is 0 Å². The molecule has 130 valence electrons. The van der Waals surface area contributed by atoms with E-state index in [9.17, 15) is 18.5 Å². The highest BCUT2D eigenvalue weighted by Crippen LogP contribution is 2.30. The molecule has 2 aromatic rings. The quantitative estimate of drug-likeness (QED) is 0.579. The van der Waals surface area contributed by atoms with E-state index in [1.807, 2.05) is 0 Å². The first-order valence-electron chi connectivity index (χ1n) is 6.91. The van der Waals surface area contributed by atoms with E-state index in [2.05, 4.69) is 5.32 Å². The molecule has 0 fully saturated rings. The second kappa shape index (κ2) is 7.47. The lowest BCUT2D eigenvalue weighted by molar-refractivity contribution is -0.385. The van der Waals surface area contributed by atoms with Crippen LogP contribution in [0.15, 0.2) is 33.9 Å². The third-order valence-electron chi connectivity index (χ3n) is 3.38. The molecular weight excluding hydrogens is 374 g/mol. The average Bonchev–Trinajstić information content (AvgIpc) is 3.04. The van der Waals surface area contributed by atoms with Gasteiger partial charge >= 0.3 is 0 Å². The molecule has 0 aliphatic carbocycles. The molecule has 7 nitrogen and oxygen atoms in total. The maximum Gasteiger partial charge on any atom is 0.273 e. The Morgan fingerprint density at radius 3 is 2.71 bits per heavy atom. The molecular formula is C14H16ClN3O4S2. The highest BCUT2D eigenvalue weighted by Gasteiger charge is 2.21. The number of thiophene rings is 1. The molecule has 0 atom stereocenters. The lowest BCUT2D eigenvalue weighted by atomic mass is 10.2. The number of likely N-dealkylation sites (N-methyl/N-ethyl adjacent to an activating group) is 1. The highest BCUT2D eigenvalue weighted by molar-refractivity contribution is 7.91. The molecule has 0 saturated carbocycles. The van der Waals surface area contributed by atoms with Gasteiger partial charge in [-0.2, -0.15) is 4.31 Å². The summed E-state index contributed by atoms with van der Waals surface area (Å²) in [6.07, 6.45) is 0. The highest BCUT2D eigenvalue weighted by atomic mass is 35.5. The first-order chi connectivity index (χ1) is 11.2. The number of aryl methyl sites for hydroxylation is 1. The Hall–Kier alpha value is -1.68. The molecule has 0 saturated heterocycles. The maximum atomic E-state index is 12.3. The Morgan fingerprint density at radius 2 is 2.12 bits per heavy atom. The first kappa shape index (κ1) is 18.7. The van der Waals surface area contributed by atoms with Crippen molar-refractivity contribution in [2.45, 2.75) is 11.1 Å². The summed E-state index contributed by atoms with van der Waals surface area (Å²) in [6, 6.07) is 6.10. The third kappa shape index (κ3) is 4.04. The molecule has 0 spiro atoms. The molecule has 10 heteroatoms. The summed E-state index contributed by atoms with van der Waals surface area (Å²) >= 11 is 7.20. The fourth-order valence-corrected chi connectivity index (χ4v) is 4.63. The number of nitro groups is 1. The van der Waals surface area contributed by atoms with Gasteiger partial charge in [0.05, 0.1) is 15.6 Å². The van der Waals surface area contributed by atoms with Crippen molar-refractivity contribution in [3.05, 3.63) is 50.3 Å². The van der Waals surface area contributed by atoms with Crippen molar-refractivity contribution in [2.75, 3.05) is 25.5 Å². The Bertz CT molecular complexity index is 838. The van der Waals surface area contributed by atoms with Crippen LogP contribution in [0.5, 0.6) is 0 Å². The molecule has 0 aliphatic heterocycles. The largest absolute Gasteiger partial charge is 0.383 e. The van der Waals surface area contributed by atoms with Gasteiger partial charge in [0.25, 0.3) is 15.7 Å². The lowest BCUT2D eigenvalue weighted by Crippen LogP contribution is -2.31. The summed E-state index contributed by atoms with van der Waals surface area (Å²) < 4.78 is 26.1. The van der Waals surface area contributed by atoms with Crippen molar-refractivity contribution in [1.82, 2.24) is 4.31 Å². The summed E-state index contributed by atoms with van der Waals surface area (Å²) in [5, 5.41) is 15.8. The van der Waals surface area contributed by atoms with E-state index in [-0.39, 0.29) is 21.5 Å². The van der Waals surface area contributed by atoms with Crippen molar-refractivity contribution < 1.29 is 13.3 Å². The van der Waals surface area contributed by atoms with E-state index in [1.54, 1.807) is 30.5 Å². The summed E-state index contributed by atoms with van der Waals surface area (Å²) in [5.41, 5.74) is 0.955. The van der Waals surface area contributed by atoms with E-state index >= 15 is 0 Å². The van der Waals surface area contributed by atoms with Crippen molar-refractivity contribution in [1.29, 1.82) is 0 Å². The normalized spacial score (nSPS) is 11.7. The van der Waals surface area contributed by atoms with Gasteiger partial charge in [0.2, 0.25) is 0 Å². The minimum Gasteiger partial charge on any atom is -0.383 e. The smallest absolute Gasteiger partial charge is 0.273 e. The number of halogens is 1. The summed E-state index contributed by atoms with van der Waals surface area (Å²) in [6.45, 7) is 2.16. The van der Waals surface area contributed by atoms with Crippen LogP contribution in [-0.2, 0) is 10.0 Å². The van der Waals surface area contributed by atoms with E-state index in [0.29, 0.717) is 17.8 Å². The zero-order valence-electron chi connectivity index (χ0n) is 13.0. The van der Waals surface area contributed by atoms with Crippen LogP contribution in [0.3, 0.4) is 0 Å². The number of hydrogen-bond donors (Lipinski definition) is 1. The van der Waals surface area contributed by atoms with Gasteiger partial charge in [-0.25, -0.2) is 8.42 Å². The molecule has 2 rings (SSSR count). The number of sulfonamides is 1. The van der Waals surface area contributed by atoms with Gasteiger partial charge in [0, 0.05) is 31.8 Å². The Labute approximate surface area is 149 Å². The van der Waals surface area contributed by atoms with Gasteiger partial charge in [-0.1, -0.05) is 17.7 Å². The lowest BCUT2D eigenvalue weighted by Gasteiger charge is -2.17. The van der Waals surface area contributed by atoms with E-state index in [4.69, 9.17) is 11.6 Å². The Kier molecular flexibility index (Phi) is 5.81. The molecule has 1 aromatic carbocycles. The number of hydrogen-bond acceptors (Lipinski definition) is 6. The minimum atomic E-state index is -3.50. The maximum absolute atomic E-state index is 12.3. The van der Waals surface area contributed by atoms with Gasteiger partial charge in [-0.05, 0) is 24.4 Å². The summed E-state index contributed by atoms with van der Waals surface area (Å²) in [7, 11) is -2.00. The minimum absolute atomic E-state index is 0.0528. The van der Waals surface area contributed by atoms with Crippen molar-refractivity contribution in [3.63, 3.8) is 0 Å². The third-order valence-corrected chi connectivity index (χ3v) is 6.93. The number of nitrogens with one attached hydrogen (secondary N) is 1. The Morgan fingerprint density at radius 1 is 1.42 bits per heavy atom. The number of nitro benzene ring substituents is 1.